The van der Waals surface area contributed by atoms with Crippen molar-refractivity contribution in [3.05, 3.63) is 0 Å². The van der Waals surface area contributed by atoms with Gasteiger partial charge in [0.15, 0.2) is 0 Å². The van der Waals surface area contributed by atoms with Gasteiger partial charge >= 0.3 is 0 Å². The standard InChI is InChI=1S/C6H14ClNS/c1-3-8(7)5-6-9-4-2/h3-6H2,1-2H3. The van der Waals surface area contributed by atoms with E-state index in [4.69, 9.17) is 11.8 Å². The number of hydrogen-bond donors (Lipinski definition) is 0. The van der Waals surface area contributed by atoms with Crippen LogP contribution in [0.4, 0.5) is 0 Å². The Labute approximate surface area is 66.9 Å². The molecule has 0 saturated carbocycles. The number of hydrogen-bond acceptors (Lipinski definition) is 2. The minimum absolute atomic E-state index is 0.936. The van der Waals surface area contributed by atoms with Crippen LogP contribution in [0.5, 0.6) is 0 Å². The molecule has 0 aliphatic carbocycles. The minimum Gasteiger partial charge on any atom is -0.220 e. The fourth-order valence-corrected chi connectivity index (χ4v) is 1.29. The summed E-state index contributed by atoms with van der Waals surface area (Å²) in [6, 6.07) is 0. The Balaban J connectivity index is 2.88. The lowest BCUT2D eigenvalue weighted by atomic mass is 10.7. The fraction of sp³-hybridized carbons (Fsp3) is 1.00. The van der Waals surface area contributed by atoms with Gasteiger partial charge in [-0.2, -0.15) is 11.8 Å². The second kappa shape index (κ2) is 6.72. The zero-order chi connectivity index (χ0) is 7.11. The fourth-order valence-electron chi connectivity index (χ4n) is 0.466. The summed E-state index contributed by atoms with van der Waals surface area (Å²) in [5.41, 5.74) is 0. The summed E-state index contributed by atoms with van der Waals surface area (Å²) in [5.74, 6) is 2.34. The molecule has 1 nitrogen and oxygen atoms in total. The third-order valence-electron chi connectivity index (χ3n) is 1.03. The van der Waals surface area contributed by atoms with Crippen molar-refractivity contribution in [2.24, 2.45) is 0 Å². The molecule has 0 amide bonds. The van der Waals surface area contributed by atoms with Crippen molar-refractivity contribution in [3.63, 3.8) is 0 Å². The van der Waals surface area contributed by atoms with Gasteiger partial charge in [0.1, 0.15) is 0 Å². The SMILES string of the molecule is CCSCCN(Cl)CC. The number of halogens is 1. The van der Waals surface area contributed by atoms with Crippen LogP contribution in [0, 0.1) is 0 Å². The molecule has 0 aromatic heterocycles. The number of rotatable bonds is 5. The van der Waals surface area contributed by atoms with Crippen LogP contribution >= 0.6 is 23.5 Å². The summed E-state index contributed by atoms with van der Waals surface area (Å²) in [4.78, 5) is 0. The third-order valence-corrected chi connectivity index (χ3v) is 2.31. The third kappa shape index (κ3) is 6.49. The zero-order valence-electron chi connectivity index (χ0n) is 6.06. The Bertz CT molecular complexity index is 61.0. The van der Waals surface area contributed by atoms with Gasteiger partial charge in [0.25, 0.3) is 0 Å². The summed E-state index contributed by atoms with van der Waals surface area (Å²) in [7, 11) is 0. The maximum atomic E-state index is 5.72. The molecule has 0 aliphatic rings. The van der Waals surface area contributed by atoms with Gasteiger partial charge in [0.05, 0.1) is 0 Å². The van der Waals surface area contributed by atoms with Crippen molar-refractivity contribution >= 4 is 23.5 Å². The second-order valence-electron chi connectivity index (χ2n) is 1.70. The lowest BCUT2D eigenvalue weighted by Gasteiger charge is -2.08. The van der Waals surface area contributed by atoms with E-state index in [-0.39, 0.29) is 0 Å². The van der Waals surface area contributed by atoms with Crippen LogP contribution in [-0.2, 0) is 0 Å². The molecule has 3 heteroatoms. The van der Waals surface area contributed by atoms with E-state index in [0.717, 1.165) is 18.8 Å². The molecular formula is C6H14ClNS. The smallest absolute Gasteiger partial charge is 0.0229 e. The van der Waals surface area contributed by atoms with Gasteiger partial charge in [-0.05, 0) is 17.5 Å². The Morgan fingerprint density at radius 2 is 2.11 bits per heavy atom. The maximum absolute atomic E-state index is 5.72. The lowest BCUT2D eigenvalue weighted by molar-refractivity contribution is 0.511. The van der Waals surface area contributed by atoms with E-state index in [2.05, 4.69) is 13.8 Å². The Morgan fingerprint density at radius 3 is 2.56 bits per heavy atom. The maximum Gasteiger partial charge on any atom is 0.0229 e. The molecule has 0 heterocycles. The Kier molecular flexibility index (Phi) is 7.16. The highest BCUT2D eigenvalue weighted by atomic mass is 35.5. The van der Waals surface area contributed by atoms with E-state index >= 15 is 0 Å². The molecule has 56 valence electrons. The van der Waals surface area contributed by atoms with Crippen molar-refractivity contribution in [1.82, 2.24) is 4.42 Å². The molecule has 9 heavy (non-hydrogen) atoms. The summed E-state index contributed by atoms with van der Waals surface area (Å²) in [6.45, 7) is 6.15. The van der Waals surface area contributed by atoms with Crippen LogP contribution in [0.25, 0.3) is 0 Å². The van der Waals surface area contributed by atoms with Crippen molar-refractivity contribution in [2.45, 2.75) is 13.8 Å². The first-order valence-electron chi connectivity index (χ1n) is 3.29. The highest BCUT2D eigenvalue weighted by Gasteiger charge is 1.93. The minimum atomic E-state index is 0.936. The largest absolute Gasteiger partial charge is 0.220 e. The van der Waals surface area contributed by atoms with Gasteiger partial charge in [0, 0.05) is 18.8 Å². The van der Waals surface area contributed by atoms with E-state index in [1.54, 1.807) is 0 Å². The van der Waals surface area contributed by atoms with E-state index in [1.165, 1.54) is 5.75 Å². The average Bonchev–Trinajstić information content (AvgIpc) is 1.89. The zero-order valence-corrected chi connectivity index (χ0v) is 7.63. The highest BCUT2D eigenvalue weighted by molar-refractivity contribution is 7.99. The van der Waals surface area contributed by atoms with E-state index in [9.17, 15) is 0 Å². The molecule has 0 unspecified atom stereocenters. The van der Waals surface area contributed by atoms with Crippen molar-refractivity contribution in [1.29, 1.82) is 0 Å². The van der Waals surface area contributed by atoms with Gasteiger partial charge in [-0.3, -0.25) is 0 Å². The predicted molar refractivity (Wildman–Crippen MR) is 46.1 cm³/mol. The monoisotopic (exact) mass is 167 g/mol. The Hall–Kier alpha value is 0.600. The van der Waals surface area contributed by atoms with Crippen LogP contribution in [0.15, 0.2) is 0 Å². The summed E-state index contributed by atoms with van der Waals surface area (Å²) in [5, 5.41) is 0. The Morgan fingerprint density at radius 1 is 1.44 bits per heavy atom. The van der Waals surface area contributed by atoms with Crippen molar-refractivity contribution in [2.75, 3.05) is 24.6 Å². The molecule has 0 atom stereocenters. The molecule has 0 saturated heterocycles. The van der Waals surface area contributed by atoms with Gasteiger partial charge in [-0.25, -0.2) is 4.42 Å². The first-order chi connectivity index (χ1) is 4.31. The predicted octanol–water partition coefficient (Wildman–Crippen LogP) is 2.22. The van der Waals surface area contributed by atoms with Crippen molar-refractivity contribution < 1.29 is 0 Å². The van der Waals surface area contributed by atoms with E-state index in [0.29, 0.717) is 0 Å². The highest BCUT2D eigenvalue weighted by Crippen LogP contribution is 2.00. The van der Waals surface area contributed by atoms with Crippen LogP contribution in [0.2, 0.25) is 0 Å². The first-order valence-corrected chi connectivity index (χ1v) is 4.79. The quantitative estimate of drug-likeness (QED) is 0.457. The molecule has 0 aromatic carbocycles. The van der Waals surface area contributed by atoms with Crippen LogP contribution in [-0.4, -0.2) is 29.0 Å². The van der Waals surface area contributed by atoms with Crippen LogP contribution in [0.3, 0.4) is 0 Å². The van der Waals surface area contributed by atoms with Crippen molar-refractivity contribution in [3.8, 4) is 0 Å². The lowest BCUT2D eigenvalue weighted by Crippen LogP contribution is -2.14. The molecule has 0 fully saturated rings. The molecular weight excluding hydrogens is 154 g/mol. The normalized spacial score (nSPS) is 10.7. The van der Waals surface area contributed by atoms with E-state index < -0.39 is 0 Å². The number of nitrogens with zero attached hydrogens (tertiary/aromatic N) is 1. The molecule has 0 rings (SSSR count). The molecule has 0 bridgehead atoms. The average molecular weight is 168 g/mol. The first kappa shape index (κ1) is 9.60. The molecule has 0 N–H and O–H groups in total. The second-order valence-corrected chi connectivity index (χ2v) is 3.57. The molecule has 0 spiro atoms. The summed E-state index contributed by atoms with van der Waals surface area (Å²) in [6.07, 6.45) is 0. The molecule has 0 aromatic rings. The molecule has 0 aliphatic heterocycles. The van der Waals surface area contributed by atoms with Crippen LogP contribution < -0.4 is 0 Å². The molecule has 0 radical (unpaired) electrons. The van der Waals surface area contributed by atoms with Crippen LogP contribution in [0.1, 0.15) is 13.8 Å². The summed E-state index contributed by atoms with van der Waals surface area (Å²) >= 11 is 7.65. The van der Waals surface area contributed by atoms with E-state index in [1.807, 2.05) is 16.2 Å². The topological polar surface area (TPSA) is 3.24 Å². The number of thioether (sulfide) groups is 1. The summed E-state index contributed by atoms with van der Waals surface area (Å²) < 4.78 is 1.81. The van der Waals surface area contributed by atoms with Gasteiger partial charge in [-0.1, -0.05) is 13.8 Å². The van der Waals surface area contributed by atoms with Gasteiger partial charge < -0.3 is 0 Å². The van der Waals surface area contributed by atoms with Gasteiger partial charge in [-0.15, -0.1) is 0 Å². The van der Waals surface area contributed by atoms with Gasteiger partial charge in [0.2, 0.25) is 0 Å².